The minimum Gasteiger partial charge on any atom is -0.465 e. The van der Waals surface area contributed by atoms with Crippen LogP contribution in [0.2, 0.25) is 0 Å². The van der Waals surface area contributed by atoms with Gasteiger partial charge in [-0.1, -0.05) is 13.8 Å². The lowest BCUT2D eigenvalue weighted by Crippen LogP contribution is -2.40. The number of hydrogen-bond donors (Lipinski definition) is 0. The van der Waals surface area contributed by atoms with E-state index in [2.05, 4.69) is 9.47 Å². The van der Waals surface area contributed by atoms with E-state index in [0.717, 1.165) is 0 Å². The summed E-state index contributed by atoms with van der Waals surface area (Å²) in [7, 11) is 0. The third kappa shape index (κ3) is 5.55. The highest BCUT2D eigenvalue weighted by Crippen LogP contribution is 2.28. The molecular weight excluding hydrogens is 241 g/mol. The topological polar surface area (TPSA) is 52.6 Å². The van der Waals surface area contributed by atoms with E-state index in [1.54, 1.807) is 13.8 Å². The zero-order chi connectivity index (χ0) is 13.6. The standard InChI is InChI=1S/C10H15F3O4/c1-4-16-8(14)7(10(11,12)13)9(15)17-5-6(2)3/h6-7H,4-5H2,1-3H3. The van der Waals surface area contributed by atoms with Crippen molar-refractivity contribution in [3.05, 3.63) is 0 Å². The van der Waals surface area contributed by atoms with Crippen LogP contribution >= 0.6 is 0 Å². The number of carbonyl (C=O) groups is 2. The Morgan fingerprint density at radius 2 is 1.59 bits per heavy atom. The Hall–Kier alpha value is -1.27. The Kier molecular flexibility index (Phi) is 5.98. The fourth-order valence-corrected chi connectivity index (χ4v) is 0.921. The van der Waals surface area contributed by atoms with E-state index in [4.69, 9.17) is 0 Å². The maximum absolute atomic E-state index is 12.5. The second-order valence-electron chi connectivity index (χ2n) is 3.75. The molecule has 0 rings (SSSR count). The maximum atomic E-state index is 12.5. The summed E-state index contributed by atoms with van der Waals surface area (Å²) in [6.45, 7) is 4.28. The zero-order valence-corrected chi connectivity index (χ0v) is 9.84. The van der Waals surface area contributed by atoms with Gasteiger partial charge in [0.2, 0.25) is 5.92 Å². The van der Waals surface area contributed by atoms with Gasteiger partial charge in [-0.15, -0.1) is 0 Å². The lowest BCUT2D eigenvalue weighted by atomic mass is 10.1. The summed E-state index contributed by atoms with van der Waals surface area (Å²) in [5, 5.41) is 0. The lowest BCUT2D eigenvalue weighted by Gasteiger charge is -2.18. The van der Waals surface area contributed by atoms with Gasteiger partial charge in [-0.3, -0.25) is 9.59 Å². The van der Waals surface area contributed by atoms with Gasteiger partial charge in [-0.2, -0.15) is 13.2 Å². The largest absolute Gasteiger partial charge is 0.465 e. The molecule has 0 radical (unpaired) electrons. The first-order valence-corrected chi connectivity index (χ1v) is 5.10. The molecule has 0 bridgehead atoms. The molecule has 0 aromatic rings. The number of carbonyl (C=O) groups excluding carboxylic acids is 2. The number of alkyl halides is 3. The van der Waals surface area contributed by atoms with Crippen LogP contribution in [0, 0.1) is 11.8 Å². The maximum Gasteiger partial charge on any atom is 0.412 e. The van der Waals surface area contributed by atoms with Crippen molar-refractivity contribution in [1.29, 1.82) is 0 Å². The zero-order valence-electron chi connectivity index (χ0n) is 9.84. The number of halogens is 3. The number of ether oxygens (including phenoxy) is 2. The fourth-order valence-electron chi connectivity index (χ4n) is 0.921. The second-order valence-corrected chi connectivity index (χ2v) is 3.75. The van der Waals surface area contributed by atoms with E-state index < -0.39 is 24.0 Å². The van der Waals surface area contributed by atoms with Gasteiger partial charge in [0.25, 0.3) is 0 Å². The minimum atomic E-state index is -5.00. The van der Waals surface area contributed by atoms with Crippen molar-refractivity contribution in [2.45, 2.75) is 26.9 Å². The van der Waals surface area contributed by atoms with Crippen molar-refractivity contribution in [2.24, 2.45) is 11.8 Å². The Bertz CT molecular complexity index is 273. The Labute approximate surface area is 97.1 Å². The van der Waals surface area contributed by atoms with Crippen molar-refractivity contribution >= 4 is 11.9 Å². The first kappa shape index (κ1) is 15.7. The highest BCUT2D eigenvalue weighted by molar-refractivity contribution is 5.95. The molecule has 17 heavy (non-hydrogen) atoms. The Morgan fingerprint density at radius 3 is 1.94 bits per heavy atom. The van der Waals surface area contributed by atoms with E-state index in [1.165, 1.54) is 6.92 Å². The van der Waals surface area contributed by atoms with Crippen LogP contribution in [0.5, 0.6) is 0 Å². The molecule has 0 aromatic heterocycles. The minimum absolute atomic E-state index is 0.116. The summed E-state index contributed by atoms with van der Waals surface area (Å²) >= 11 is 0. The summed E-state index contributed by atoms with van der Waals surface area (Å²) in [6.07, 6.45) is -5.00. The molecule has 0 amide bonds. The van der Waals surface area contributed by atoms with Gasteiger partial charge in [-0.25, -0.2) is 0 Å². The van der Waals surface area contributed by atoms with Gasteiger partial charge >= 0.3 is 18.1 Å². The van der Waals surface area contributed by atoms with Crippen LogP contribution in [0.1, 0.15) is 20.8 Å². The van der Waals surface area contributed by atoms with Gasteiger partial charge in [-0.05, 0) is 12.8 Å². The molecule has 7 heteroatoms. The SMILES string of the molecule is CCOC(=O)C(C(=O)OCC(C)C)C(F)(F)F. The van der Waals surface area contributed by atoms with Crippen LogP contribution in [0.4, 0.5) is 13.2 Å². The number of esters is 2. The molecule has 0 fully saturated rings. The molecule has 0 spiro atoms. The van der Waals surface area contributed by atoms with Crippen LogP contribution in [0.25, 0.3) is 0 Å². The summed E-state index contributed by atoms with van der Waals surface area (Å²) in [5.74, 6) is -6.23. The van der Waals surface area contributed by atoms with Crippen LogP contribution in [0.15, 0.2) is 0 Å². The predicted molar refractivity (Wildman–Crippen MR) is 52.0 cm³/mol. The van der Waals surface area contributed by atoms with E-state index >= 15 is 0 Å². The molecule has 1 atom stereocenters. The first-order valence-electron chi connectivity index (χ1n) is 5.10. The summed E-state index contributed by atoms with van der Waals surface area (Å²) in [6, 6.07) is 0. The summed E-state index contributed by atoms with van der Waals surface area (Å²) < 4.78 is 46.0. The number of rotatable bonds is 5. The molecule has 0 saturated carbocycles. The van der Waals surface area contributed by atoms with Gasteiger partial charge in [0, 0.05) is 0 Å². The van der Waals surface area contributed by atoms with Crippen molar-refractivity contribution in [1.82, 2.24) is 0 Å². The highest BCUT2D eigenvalue weighted by atomic mass is 19.4. The third-order valence-corrected chi connectivity index (χ3v) is 1.64. The molecule has 0 heterocycles. The van der Waals surface area contributed by atoms with Gasteiger partial charge < -0.3 is 9.47 Å². The molecule has 4 nitrogen and oxygen atoms in total. The Balaban J connectivity index is 4.70. The van der Waals surface area contributed by atoms with Gasteiger partial charge in [0.1, 0.15) is 0 Å². The number of hydrogen-bond acceptors (Lipinski definition) is 4. The monoisotopic (exact) mass is 256 g/mol. The summed E-state index contributed by atoms with van der Waals surface area (Å²) in [5.41, 5.74) is 0. The van der Waals surface area contributed by atoms with Gasteiger partial charge in [0.05, 0.1) is 13.2 Å². The predicted octanol–water partition coefficient (Wildman–Crippen LogP) is 1.93. The molecule has 0 saturated heterocycles. The smallest absolute Gasteiger partial charge is 0.412 e. The fraction of sp³-hybridized carbons (Fsp3) is 0.800. The van der Waals surface area contributed by atoms with E-state index in [0.29, 0.717) is 0 Å². The molecule has 0 N–H and O–H groups in total. The molecular formula is C10H15F3O4. The molecule has 0 aliphatic heterocycles. The van der Waals surface area contributed by atoms with E-state index in [9.17, 15) is 22.8 Å². The normalized spacial score (nSPS) is 13.4. The molecule has 0 aliphatic rings. The van der Waals surface area contributed by atoms with Gasteiger partial charge in [0.15, 0.2) is 0 Å². The molecule has 1 unspecified atom stereocenters. The quantitative estimate of drug-likeness (QED) is 0.557. The van der Waals surface area contributed by atoms with Crippen molar-refractivity contribution in [2.75, 3.05) is 13.2 Å². The summed E-state index contributed by atoms with van der Waals surface area (Å²) in [4.78, 5) is 22.2. The molecule has 0 aliphatic carbocycles. The second kappa shape index (κ2) is 6.46. The third-order valence-electron chi connectivity index (χ3n) is 1.64. The highest BCUT2D eigenvalue weighted by Gasteiger charge is 2.52. The average molecular weight is 256 g/mol. The Morgan fingerprint density at radius 1 is 1.12 bits per heavy atom. The van der Waals surface area contributed by atoms with Crippen molar-refractivity contribution in [3.8, 4) is 0 Å². The first-order chi connectivity index (χ1) is 7.70. The molecule has 0 aromatic carbocycles. The van der Waals surface area contributed by atoms with Crippen molar-refractivity contribution in [3.63, 3.8) is 0 Å². The van der Waals surface area contributed by atoms with Crippen LogP contribution < -0.4 is 0 Å². The van der Waals surface area contributed by atoms with Crippen LogP contribution in [0.3, 0.4) is 0 Å². The van der Waals surface area contributed by atoms with Crippen LogP contribution in [-0.4, -0.2) is 31.3 Å². The van der Waals surface area contributed by atoms with Crippen LogP contribution in [-0.2, 0) is 19.1 Å². The lowest BCUT2D eigenvalue weighted by molar-refractivity contribution is -0.208. The average Bonchev–Trinajstić information content (AvgIpc) is 2.12. The van der Waals surface area contributed by atoms with E-state index in [-0.39, 0.29) is 19.1 Å². The molecule has 100 valence electrons. The van der Waals surface area contributed by atoms with E-state index in [1.807, 2.05) is 0 Å². The van der Waals surface area contributed by atoms with Crippen molar-refractivity contribution < 1.29 is 32.2 Å².